The van der Waals surface area contributed by atoms with Crippen LogP contribution in [0.3, 0.4) is 0 Å². The highest BCUT2D eigenvalue weighted by molar-refractivity contribution is 5.96. The van der Waals surface area contributed by atoms with E-state index < -0.39 is 0 Å². The lowest BCUT2D eigenvalue weighted by Gasteiger charge is -2.17. The Balaban J connectivity index is 1.28. The average molecular weight is 394 g/mol. The van der Waals surface area contributed by atoms with E-state index in [1.807, 2.05) is 42.5 Å². The molecular weight excluding hydrogens is 372 g/mol. The van der Waals surface area contributed by atoms with Gasteiger partial charge in [-0.1, -0.05) is 6.07 Å². The summed E-state index contributed by atoms with van der Waals surface area (Å²) < 4.78 is 15.8. The van der Waals surface area contributed by atoms with Gasteiger partial charge >= 0.3 is 0 Å². The maximum atomic E-state index is 12.3. The van der Waals surface area contributed by atoms with Gasteiger partial charge in [-0.25, -0.2) is 0 Å². The Morgan fingerprint density at radius 2 is 2.00 bits per heavy atom. The van der Waals surface area contributed by atoms with Crippen molar-refractivity contribution in [1.82, 2.24) is 5.32 Å². The van der Waals surface area contributed by atoms with Crippen molar-refractivity contribution in [3.63, 3.8) is 0 Å². The molecule has 2 aromatic rings. The van der Waals surface area contributed by atoms with E-state index in [-0.39, 0.29) is 24.5 Å². The van der Waals surface area contributed by atoms with E-state index in [2.05, 4.69) is 5.32 Å². The molecular formula is C22H22N2O5. The number of rotatable bonds is 6. The third kappa shape index (κ3) is 4.34. The van der Waals surface area contributed by atoms with Crippen LogP contribution in [0.5, 0.6) is 17.2 Å². The van der Waals surface area contributed by atoms with Crippen LogP contribution in [0.2, 0.25) is 0 Å². The number of methoxy groups -OCH3 is 1. The van der Waals surface area contributed by atoms with Crippen molar-refractivity contribution in [3.8, 4) is 17.2 Å². The maximum Gasteiger partial charge on any atom is 0.244 e. The molecule has 0 aliphatic carbocycles. The first-order chi connectivity index (χ1) is 14.1. The molecule has 1 saturated heterocycles. The Labute approximate surface area is 168 Å². The molecule has 2 aromatic carbocycles. The molecule has 2 heterocycles. The molecule has 0 spiro atoms. The number of carbonyl (C=O) groups is 2. The highest BCUT2D eigenvalue weighted by Gasteiger charge is 2.30. The standard InChI is InChI=1S/C22H22N2O5/c1-27-18-6-4-17(5-7-18)24-13-16(11-22(24)26)12-23-21(25)9-3-15-2-8-19-20(10-15)29-14-28-19/h2-10,16H,11-14H2,1H3,(H,23,25)/b9-3-. The fourth-order valence-electron chi connectivity index (χ4n) is 3.42. The van der Waals surface area contributed by atoms with Crippen LogP contribution in [0.15, 0.2) is 48.5 Å². The summed E-state index contributed by atoms with van der Waals surface area (Å²) in [6.07, 6.45) is 3.62. The number of fused-ring (bicyclic) bond motifs is 1. The summed E-state index contributed by atoms with van der Waals surface area (Å²) in [6, 6.07) is 12.9. The number of carbonyl (C=O) groups excluding carboxylic acids is 2. The summed E-state index contributed by atoms with van der Waals surface area (Å²) in [4.78, 5) is 26.2. The molecule has 0 radical (unpaired) electrons. The summed E-state index contributed by atoms with van der Waals surface area (Å²) >= 11 is 0. The first-order valence-electron chi connectivity index (χ1n) is 9.42. The van der Waals surface area contributed by atoms with Crippen LogP contribution in [0.1, 0.15) is 12.0 Å². The molecule has 2 amide bonds. The van der Waals surface area contributed by atoms with Crippen LogP contribution in [0, 0.1) is 5.92 Å². The summed E-state index contributed by atoms with van der Waals surface area (Å²) in [5, 5.41) is 2.88. The molecule has 1 fully saturated rings. The van der Waals surface area contributed by atoms with Gasteiger partial charge in [0, 0.05) is 37.2 Å². The predicted molar refractivity (Wildman–Crippen MR) is 108 cm³/mol. The van der Waals surface area contributed by atoms with E-state index >= 15 is 0 Å². The van der Waals surface area contributed by atoms with Crippen molar-refractivity contribution < 1.29 is 23.8 Å². The molecule has 0 saturated carbocycles. The molecule has 4 rings (SSSR count). The maximum absolute atomic E-state index is 12.3. The molecule has 2 aliphatic rings. The summed E-state index contributed by atoms with van der Waals surface area (Å²) in [5.74, 6) is 2.07. The van der Waals surface area contributed by atoms with Crippen molar-refractivity contribution in [2.45, 2.75) is 6.42 Å². The van der Waals surface area contributed by atoms with E-state index in [0.717, 1.165) is 17.0 Å². The fraction of sp³-hybridized carbons (Fsp3) is 0.273. The van der Waals surface area contributed by atoms with Gasteiger partial charge in [0.05, 0.1) is 7.11 Å². The molecule has 1 atom stereocenters. The second-order valence-corrected chi connectivity index (χ2v) is 6.96. The van der Waals surface area contributed by atoms with Crippen LogP contribution in [-0.4, -0.2) is 38.8 Å². The molecule has 1 unspecified atom stereocenters. The summed E-state index contributed by atoms with van der Waals surface area (Å²) in [6.45, 7) is 1.25. The second-order valence-electron chi connectivity index (χ2n) is 6.96. The lowest BCUT2D eigenvalue weighted by Crippen LogP contribution is -2.30. The van der Waals surface area contributed by atoms with E-state index in [4.69, 9.17) is 14.2 Å². The Morgan fingerprint density at radius 1 is 1.21 bits per heavy atom. The van der Waals surface area contributed by atoms with Gasteiger partial charge in [-0.15, -0.1) is 0 Å². The number of amides is 2. The third-order valence-electron chi connectivity index (χ3n) is 4.98. The zero-order valence-electron chi connectivity index (χ0n) is 16.1. The number of nitrogens with zero attached hydrogens (tertiary/aromatic N) is 1. The highest BCUT2D eigenvalue weighted by atomic mass is 16.7. The van der Waals surface area contributed by atoms with Gasteiger partial charge in [0.25, 0.3) is 0 Å². The van der Waals surface area contributed by atoms with Crippen LogP contribution >= 0.6 is 0 Å². The predicted octanol–water partition coefficient (Wildman–Crippen LogP) is 2.61. The molecule has 1 N–H and O–H groups in total. The number of hydrogen-bond donors (Lipinski definition) is 1. The SMILES string of the molecule is COc1ccc(N2CC(CNC(=O)/C=C\c3ccc4c(c3)OCO4)CC2=O)cc1. The lowest BCUT2D eigenvalue weighted by atomic mass is 10.1. The quantitative estimate of drug-likeness (QED) is 0.762. The minimum Gasteiger partial charge on any atom is -0.497 e. The smallest absolute Gasteiger partial charge is 0.244 e. The number of anilines is 1. The number of benzene rings is 2. The van der Waals surface area contributed by atoms with Gasteiger partial charge in [-0.2, -0.15) is 0 Å². The minimum absolute atomic E-state index is 0.0605. The van der Waals surface area contributed by atoms with Gasteiger partial charge in [-0.3, -0.25) is 9.59 Å². The molecule has 29 heavy (non-hydrogen) atoms. The molecule has 7 nitrogen and oxygen atoms in total. The van der Waals surface area contributed by atoms with Crippen molar-refractivity contribution >= 4 is 23.6 Å². The monoisotopic (exact) mass is 394 g/mol. The average Bonchev–Trinajstić information content (AvgIpc) is 3.36. The molecule has 7 heteroatoms. The Bertz CT molecular complexity index is 939. The van der Waals surface area contributed by atoms with Crippen molar-refractivity contribution in [1.29, 1.82) is 0 Å². The Kier molecular flexibility index (Phi) is 5.37. The largest absolute Gasteiger partial charge is 0.497 e. The lowest BCUT2D eigenvalue weighted by molar-refractivity contribution is -0.118. The molecule has 150 valence electrons. The highest BCUT2D eigenvalue weighted by Crippen LogP contribution is 2.32. The van der Waals surface area contributed by atoms with E-state index in [0.29, 0.717) is 31.0 Å². The van der Waals surface area contributed by atoms with Crippen molar-refractivity contribution in [3.05, 3.63) is 54.1 Å². The van der Waals surface area contributed by atoms with Crippen LogP contribution in [0.25, 0.3) is 6.08 Å². The first kappa shape index (κ1) is 18.9. The summed E-state index contributed by atoms with van der Waals surface area (Å²) in [5.41, 5.74) is 1.69. The number of ether oxygens (including phenoxy) is 3. The van der Waals surface area contributed by atoms with Crippen molar-refractivity contribution in [2.24, 2.45) is 5.92 Å². The second kappa shape index (κ2) is 8.26. The Morgan fingerprint density at radius 3 is 2.79 bits per heavy atom. The van der Waals surface area contributed by atoms with Gasteiger partial charge < -0.3 is 24.4 Å². The van der Waals surface area contributed by atoms with Crippen LogP contribution < -0.4 is 24.4 Å². The van der Waals surface area contributed by atoms with Gasteiger partial charge in [0.1, 0.15) is 5.75 Å². The zero-order valence-corrected chi connectivity index (χ0v) is 16.1. The van der Waals surface area contributed by atoms with Crippen LogP contribution in [0.4, 0.5) is 5.69 Å². The van der Waals surface area contributed by atoms with E-state index in [9.17, 15) is 9.59 Å². The summed E-state index contributed by atoms with van der Waals surface area (Å²) in [7, 11) is 1.61. The van der Waals surface area contributed by atoms with Crippen LogP contribution in [-0.2, 0) is 9.59 Å². The number of hydrogen-bond acceptors (Lipinski definition) is 5. The zero-order chi connectivity index (χ0) is 20.2. The van der Waals surface area contributed by atoms with Gasteiger partial charge in [0.2, 0.25) is 18.6 Å². The van der Waals surface area contributed by atoms with Crippen molar-refractivity contribution in [2.75, 3.05) is 31.9 Å². The fourth-order valence-corrected chi connectivity index (χ4v) is 3.42. The number of nitrogens with one attached hydrogen (secondary N) is 1. The van der Waals surface area contributed by atoms with Gasteiger partial charge in [-0.05, 0) is 48.0 Å². The Hall–Kier alpha value is -3.48. The minimum atomic E-state index is -0.196. The third-order valence-corrected chi connectivity index (χ3v) is 4.98. The topological polar surface area (TPSA) is 77.1 Å². The normalized spacial score (nSPS) is 17.8. The molecule has 0 bridgehead atoms. The first-order valence-corrected chi connectivity index (χ1v) is 9.42. The molecule has 2 aliphatic heterocycles. The van der Waals surface area contributed by atoms with Gasteiger partial charge in [0.15, 0.2) is 11.5 Å². The molecule has 0 aromatic heterocycles. The van der Waals surface area contributed by atoms with E-state index in [1.54, 1.807) is 18.1 Å². The van der Waals surface area contributed by atoms with E-state index in [1.165, 1.54) is 6.08 Å².